The Balaban J connectivity index is 1.79. The van der Waals surface area contributed by atoms with Crippen LogP contribution in [0.15, 0.2) is 46.9 Å². The molecule has 1 aliphatic heterocycles. The van der Waals surface area contributed by atoms with Crippen LogP contribution in [-0.4, -0.2) is 11.5 Å². The van der Waals surface area contributed by atoms with E-state index in [-0.39, 0.29) is 17.6 Å². The molecule has 3 nitrogen and oxygen atoms in total. The fourth-order valence-electron chi connectivity index (χ4n) is 3.18. The summed E-state index contributed by atoms with van der Waals surface area (Å²) in [7, 11) is 0. The van der Waals surface area contributed by atoms with E-state index in [1.807, 2.05) is 36.4 Å². The van der Waals surface area contributed by atoms with Crippen molar-refractivity contribution >= 4 is 21.8 Å². The molecular weight excluding hydrogens is 366 g/mol. The second-order valence-corrected chi connectivity index (χ2v) is 7.95. The van der Waals surface area contributed by atoms with E-state index in [4.69, 9.17) is 4.74 Å². The number of hydrogen-bond acceptors (Lipinski definition) is 2. The Morgan fingerprint density at radius 3 is 2.83 bits per heavy atom. The highest BCUT2D eigenvalue weighted by molar-refractivity contribution is 9.10. The average molecular weight is 388 g/mol. The van der Waals surface area contributed by atoms with E-state index >= 15 is 0 Å². The van der Waals surface area contributed by atoms with Gasteiger partial charge in [0.15, 0.2) is 0 Å². The number of ether oxygens (including phenoxy) is 1. The van der Waals surface area contributed by atoms with Crippen molar-refractivity contribution in [1.82, 2.24) is 5.32 Å². The number of halogens is 1. The van der Waals surface area contributed by atoms with Gasteiger partial charge in [-0.05, 0) is 44.5 Å². The van der Waals surface area contributed by atoms with E-state index in [1.54, 1.807) is 0 Å². The SMILES string of the molecule is Cc1ccc2c(c1)C(NC(=O)Cc1cccc(Br)c1)CC(C)(C)O2. The van der Waals surface area contributed by atoms with Gasteiger partial charge in [-0.3, -0.25) is 4.79 Å². The van der Waals surface area contributed by atoms with Crippen LogP contribution in [0.3, 0.4) is 0 Å². The Hall–Kier alpha value is -1.81. The molecule has 2 aromatic rings. The summed E-state index contributed by atoms with van der Waals surface area (Å²) >= 11 is 3.45. The highest BCUT2D eigenvalue weighted by Crippen LogP contribution is 2.39. The first-order valence-electron chi connectivity index (χ1n) is 8.16. The number of hydrogen-bond donors (Lipinski definition) is 1. The van der Waals surface area contributed by atoms with E-state index in [0.717, 1.165) is 27.8 Å². The Morgan fingerprint density at radius 1 is 1.29 bits per heavy atom. The molecule has 1 amide bonds. The van der Waals surface area contributed by atoms with Crippen LogP contribution in [0.1, 0.15) is 43.0 Å². The molecule has 4 heteroatoms. The maximum Gasteiger partial charge on any atom is 0.224 e. The molecule has 2 aromatic carbocycles. The highest BCUT2D eigenvalue weighted by Gasteiger charge is 2.34. The van der Waals surface area contributed by atoms with E-state index < -0.39 is 0 Å². The lowest BCUT2D eigenvalue weighted by Crippen LogP contribution is -2.41. The number of fused-ring (bicyclic) bond motifs is 1. The standard InChI is InChI=1S/C20H22BrNO2/c1-13-7-8-18-16(9-13)17(12-20(2,3)24-18)22-19(23)11-14-5-4-6-15(21)10-14/h4-10,17H,11-12H2,1-3H3,(H,22,23). The van der Waals surface area contributed by atoms with Crippen molar-refractivity contribution in [3.63, 3.8) is 0 Å². The Kier molecular flexibility index (Phi) is 4.68. The van der Waals surface area contributed by atoms with Crippen molar-refractivity contribution in [3.8, 4) is 5.75 Å². The van der Waals surface area contributed by atoms with Gasteiger partial charge in [0.25, 0.3) is 0 Å². The molecule has 0 saturated carbocycles. The largest absolute Gasteiger partial charge is 0.487 e. The molecule has 0 radical (unpaired) electrons. The predicted octanol–water partition coefficient (Wildman–Crippen LogP) is 4.72. The third kappa shape index (κ3) is 3.99. The van der Waals surface area contributed by atoms with Crippen LogP contribution in [0.4, 0.5) is 0 Å². The zero-order valence-corrected chi connectivity index (χ0v) is 15.8. The van der Waals surface area contributed by atoms with E-state index in [0.29, 0.717) is 6.42 Å². The molecule has 0 spiro atoms. The maximum absolute atomic E-state index is 12.5. The second-order valence-electron chi connectivity index (χ2n) is 7.03. The van der Waals surface area contributed by atoms with Crippen LogP contribution in [-0.2, 0) is 11.2 Å². The lowest BCUT2D eigenvalue weighted by molar-refractivity contribution is -0.121. The van der Waals surface area contributed by atoms with Crippen LogP contribution in [0.2, 0.25) is 0 Å². The van der Waals surface area contributed by atoms with Crippen LogP contribution in [0.5, 0.6) is 5.75 Å². The predicted molar refractivity (Wildman–Crippen MR) is 99.2 cm³/mol. The summed E-state index contributed by atoms with van der Waals surface area (Å²) in [5.41, 5.74) is 2.94. The molecule has 1 N–H and O–H groups in total. The number of benzene rings is 2. The monoisotopic (exact) mass is 387 g/mol. The highest BCUT2D eigenvalue weighted by atomic mass is 79.9. The first-order chi connectivity index (χ1) is 11.3. The smallest absolute Gasteiger partial charge is 0.224 e. The Labute approximate surface area is 151 Å². The molecule has 0 aromatic heterocycles. The zero-order valence-electron chi connectivity index (χ0n) is 14.2. The zero-order chi connectivity index (χ0) is 17.3. The first-order valence-corrected chi connectivity index (χ1v) is 8.95. The van der Waals surface area contributed by atoms with Gasteiger partial charge in [0.1, 0.15) is 11.4 Å². The van der Waals surface area contributed by atoms with Gasteiger partial charge in [-0.1, -0.05) is 45.8 Å². The maximum atomic E-state index is 12.5. The van der Waals surface area contributed by atoms with Crippen molar-refractivity contribution < 1.29 is 9.53 Å². The van der Waals surface area contributed by atoms with Crippen molar-refractivity contribution in [1.29, 1.82) is 0 Å². The molecular formula is C20H22BrNO2. The lowest BCUT2D eigenvalue weighted by atomic mass is 9.89. The second kappa shape index (κ2) is 6.60. The van der Waals surface area contributed by atoms with Crippen molar-refractivity contribution in [3.05, 3.63) is 63.6 Å². The lowest BCUT2D eigenvalue weighted by Gasteiger charge is -2.38. The fourth-order valence-corrected chi connectivity index (χ4v) is 3.63. The van der Waals surface area contributed by atoms with Crippen molar-refractivity contribution in [2.45, 2.75) is 45.3 Å². The van der Waals surface area contributed by atoms with E-state index in [9.17, 15) is 4.79 Å². The van der Waals surface area contributed by atoms with Crippen LogP contribution in [0, 0.1) is 6.92 Å². The van der Waals surface area contributed by atoms with Crippen molar-refractivity contribution in [2.75, 3.05) is 0 Å². The summed E-state index contributed by atoms with van der Waals surface area (Å²) in [6, 6.07) is 14.0. The van der Waals surface area contributed by atoms with E-state index in [2.05, 4.69) is 48.1 Å². The average Bonchev–Trinajstić information content (AvgIpc) is 2.47. The Morgan fingerprint density at radius 2 is 2.08 bits per heavy atom. The molecule has 0 saturated heterocycles. The van der Waals surface area contributed by atoms with Crippen LogP contribution >= 0.6 is 15.9 Å². The van der Waals surface area contributed by atoms with Gasteiger partial charge in [-0.25, -0.2) is 0 Å². The van der Waals surface area contributed by atoms with E-state index in [1.165, 1.54) is 5.56 Å². The molecule has 0 fully saturated rings. The summed E-state index contributed by atoms with van der Waals surface area (Å²) < 4.78 is 7.05. The molecule has 1 heterocycles. The number of aryl methyl sites for hydroxylation is 1. The summed E-state index contributed by atoms with van der Waals surface area (Å²) in [6.07, 6.45) is 1.13. The normalized spacial score (nSPS) is 18.4. The first kappa shape index (κ1) is 17.0. The molecule has 0 aliphatic carbocycles. The minimum absolute atomic E-state index is 0.0247. The third-order valence-electron chi connectivity index (χ3n) is 4.21. The molecule has 1 aliphatic rings. The van der Waals surface area contributed by atoms with Gasteiger partial charge in [0.05, 0.1) is 12.5 Å². The summed E-state index contributed by atoms with van der Waals surface area (Å²) in [5.74, 6) is 0.896. The molecule has 1 unspecified atom stereocenters. The molecule has 0 bridgehead atoms. The number of carbonyl (C=O) groups excluding carboxylic acids is 1. The fraction of sp³-hybridized carbons (Fsp3) is 0.350. The summed E-state index contributed by atoms with van der Waals surface area (Å²) in [5, 5.41) is 3.19. The van der Waals surface area contributed by atoms with Crippen LogP contribution < -0.4 is 10.1 Å². The topological polar surface area (TPSA) is 38.3 Å². The molecule has 126 valence electrons. The van der Waals surface area contributed by atoms with Gasteiger partial charge < -0.3 is 10.1 Å². The van der Waals surface area contributed by atoms with Gasteiger partial charge in [-0.15, -0.1) is 0 Å². The van der Waals surface area contributed by atoms with Crippen LogP contribution in [0.25, 0.3) is 0 Å². The van der Waals surface area contributed by atoms with Gasteiger partial charge >= 0.3 is 0 Å². The van der Waals surface area contributed by atoms with Crippen molar-refractivity contribution in [2.24, 2.45) is 0 Å². The Bertz CT molecular complexity index is 770. The quantitative estimate of drug-likeness (QED) is 0.827. The summed E-state index contributed by atoms with van der Waals surface area (Å²) in [4.78, 5) is 12.5. The number of amides is 1. The molecule has 3 rings (SSSR count). The third-order valence-corrected chi connectivity index (χ3v) is 4.70. The number of carbonyl (C=O) groups is 1. The number of nitrogens with one attached hydrogen (secondary N) is 1. The number of rotatable bonds is 3. The summed E-state index contributed by atoms with van der Waals surface area (Å²) in [6.45, 7) is 6.17. The molecule has 1 atom stereocenters. The molecule has 24 heavy (non-hydrogen) atoms. The minimum Gasteiger partial charge on any atom is -0.487 e. The van der Waals surface area contributed by atoms with Gasteiger partial charge in [-0.2, -0.15) is 0 Å². The van der Waals surface area contributed by atoms with Gasteiger partial charge in [0.2, 0.25) is 5.91 Å². The van der Waals surface area contributed by atoms with Gasteiger partial charge in [0, 0.05) is 16.5 Å². The minimum atomic E-state index is -0.296.